The van der Waals surface area contributed by atoms with E-state index in [1.54, 1.807) is 24.4 Å². The molecule has 4 aromatic rings. The number of H-pyrrole nitrogens is 1. The molecule has 3 saturated carbocycles. The second-order valence-electron chi connectivity index (χ2n) is 8.67. The molecule has 3 N–H and O–H groups in total. The molecule has 10 nitrogen and oxygen atoms in total. The van der Waals surface area contributed by atoms with E-state index in [-0.39, 0.29) is 17.9 Å². The largest absolute Gasteiger partial charge is 0.481 e. The SMILES string of the molecule is O=C(O)C1C2CCC(CC2)C1Nc1cc(-c2ccno2)nc(-c2n[nH]c3ncc(Cl)cc23)n1. The standard InChI is InChI=1S/C22H20ClN7O3/c23-12-7-13-19(29-30-20(13)24-9-12)21-26-14(15-5-6-25-33-15)8-16(28-21)27-18-11-3-1-10(2-4-11)17(18)22(31)32/h5-11,17-18H,1-4H2,(H,31,32)(H,24,29,30)(H,26,27,28). The zero-order chi connectivity index (χ0) is 22.5. The van der Waals surface area contributed by atoms with Crippen LogP contribution < -0.4 is 5.32 Å². The van der Waals surface area contributed by atoms with Gasteiger partial charge in [0, 0.05) is 24.4 Å². The van der Waals surface area contributed by atoms with Gasteiger partial charge in [-0.2, -0.15) is 5.10 Å². The third kappa shape index (κ3) is 3.50. The van der Waals surface area contributed by atoms with E-state index in [9.17, 15) is 9.90 Å². The van der Waals surface area contributed by atoms with Gasteiger partial charge in [-0.25, -0.2) is 15.0 Å². The molecule has 4 aromatic heterocycles. The van der Waals surface area contributed by atoms with Crippen molar-refractivity contribution in [2.45, 2.75) is 31.7 Å². The Labute approximate surface area is 192 Å². The van der Waals surface area contributed by atoms with E-state index in [0.29, 0.717) is 44.8 Å². The van der Waals surface area contributed by atoms with E-state index in [2.05, 4.69) is 30.6 Å². The first-order chi connectivity index (χ1) is 16.1. The number of carbonyl (C=O) groups is 1. The van der Waals surface area contributed by atoms with E-state index < -0.39 is 11.9 Å². The Morgan fingerprint density at radius 2 is 2.00 bits per heavy atom. The average molecular weight is 466 g/mol. The molecule has 3 aliphatic carbocycles. The van der Waals surface area contributed by atoms with Gasteiger partial charge in [-0.15, -0.1) is 0 Å². The molecule has 2 bridgehead atoms. The topological polar surface area (TPSA) is 143 Å². The van der Waals surface area contributed by atoms with Crippen LogP contribution in [0.4, 0.5) is 5.82 Å². The number of rotatable bonds is 5. The van der Waals surface area contributed by atoms with Crippen molar-refractivity contribution in [3.05, 3.63) is 35.6 Å². The number of carboxylic acid groups (broad SMARTS) is 1. The summed E-state index contributed by atoms with van der Waals surface area (Å²) in [6, 6.07) is 5.01. The lowest BCUT2D eigenvalue weighted by atomic mass is 9.61. The molecule has 0 spiro atoms. The smallest absolute Gasteiger partial charge is 0.308 e. The molecule has 0 aliphatic heterocycles. The first-order valence-electron chi connectivity index (χ1n) is 10.9. The van der Waals surface area contributed by atoms with Crippen LogP contribution >= 0.6 is 11.6 Å². The summed E-state index contributed by atoms with van der Waals surface area (Å²) in [7, 11) is 0. The molecule has 0 aromatic carbocycles. The zero-order valence-electron chi connectivity index (χ0n) is 17.4. The lowest BCUT2D eigenvalue weighted by Crippen LogP contribution is -2.51. The molecule has 0 amide bonds. The van der Waals surface area contributed by atoms with Crippen molar-refractivity contribution in [2.75, 3.05) is 5.32 Å². The minimum atomic E-state index is -0.759. The van der Waals surface area contributed by atoms with Crippen LogP contribution in [0, 0.1) is 17.8 Å². The number of aromatic amines is 1. The first-order valence-corrected chi connectivity index (χ1v) is 11.2. The van der Waals surface area contributed by atoms with E-state index in [4.69, 9.17) is 21.1 Å². The number of nitrogens with zero attached hydrogens (tertiary/aromatic N) is 5. The van der Waals surface area contributed by atoms with Gasteiger partial charge in [0.25, 0.3) is 0 Å². The zero-order valence-corrected chi connectivity index (χ0v) is 18.2. The Hall–Kier alpha value is -3.53. The second kappa shape index (κ2) is 7.80. The summed E-state index contributed by atoms with van der Waals surface area (Å²) in [5.74, 6) is 0.596. The molecular weight excluding hydrogens is 446 g/mol. The summed E-state index contributed by atoms with van der Waals surface area (Å²) in [5.41, 5.74) is 1.57. The highest BCUT2D eigenvalue weighted by Gasteiger charge is 2.47. The van der Waals surface area contributed by atoms with Crippen LogP contribution in [0.5, 0.6) is 0 Å². The monoisotopic (exact) mass is 465 g/mol. The van der Waals surface area contributed by atoms with Crippen LogP contribution in [0.3, 0.4) is 0 Å². The van der Waals surface area contributed by atoms with Crippen molar-refractivity contribution >= 4 is 34.4 Å². The van der Waals surface area contributed by atoms with Gasteiger partial charge < -0.3 is 14.9 Å². The molecular formula is C22H20ClN7O3. The van der Waals surface area contributed by atoms with Gasteiger partial charge in [-0.1, -0.05) is 16.8 Å². The maximum atomic E-state index is 12.1. The highest BCUT2D eigenvalue weighted by Crippen LogP contribution is 2.46. The summed E-state index contributed by atoms with van der Waals surface area (Å²) < 4.78 is 5.33. The van der Waals surface area contributed by atoms with Gasteiger partial charge in [0.15, 0.2) is 17.2 Å². The van der Waals surface area contributed by atoms with Gasteiger partial charge >= 0.3 is 5.97 Å². The number of hydrogen-bond acceptors (Lipinski definition) is 8. The normalized spacial score (nSPS) is 24.3. The lowest BCUT2D eigenvalue weighted by Gasteiger charge is -2.47. The van der Waals surface area contributed by atoms with E-state index >= 15 is 0 Å². The number of fused-ring (bicyclic) bond motifs is 4. The summed E-state index contributed by atoms with van der Waals surface area (Å²) in [4.78, 5) is 25.7. The van der Waals surface area contributed by atoms with Crippen molar-refractivity contribution in [2.24, 2.45) is 17.8 Å². The summed E-state index contributed by atoms with van der Waals surface area (Å²) >= 11 is 6.15. The fraction of sp³-hybridized carbons (Fsp3) is 0.364. The number of hydrogen-bond donors (Lipinski definition) is 3. The Bertz CT molecular complexity index is 1330. The van der Waals surface area contributed by atoms with E-state index in [1.165, 1.54) is 6.20 Å². The molecule has 0 radical (unpaired) electrons. The minimum Gasteiger partial charge on any atom is -0.481 e. The maximum absolute atomic E-state index is 12.1. The Kier molecular flexibility index (Phi) is 4.75. The van der Waals surface area contributed by atoms with Gasteiger partial charge in [-0.3, -0.25) is 9.89 Å². The number of halogens is 1. The number of pyridine rings is 1. The van der Waals surface area contributed by atoms with Crippen LogP contribution in [0.1, 0.15) is 25.7 Å². The highest BCUT2D eigenvalue weighted by atomic mass is 35.5. The fourth-order valence-corrected chi connectivity index (χ4v) is 5.49. The quantitative estimate of drug-likeness (QED) is 0.398. The Morgan fingerprint density at radius 3 is 2.76 bits per heavy atom. The molecule has 3 fully saturated rings. The van der Waals surface area contributed by atoms with Gasteiger partial charge in [0.05, 0.1) is 22.5 Å². The third-order valence-corrected chi connectivity index (χ3v) is 7.04. The number of carboxylic acids is 1. The lowest BCUT2D eigenvalue weighted by molar-refractivity contribution is -0.148. The van der Waals surface area contributed by atoms with Gasteiger partial charge in [-0.05, 0) is 43.6 Å². The molecule has 2 atom stereocenters. The van der Waals surface area contributed by atoms with Crippen LogP contribution in [-0.4, -0.2) is 47.4 Å². The van der Waals surface area contributed by atoms with Gasteiger partial charge in [0.2, 0.25) is 0 Å². The van der Waals surface area contributed by atoms with E-state index in [0.717, 1.165) is 25.7 Å². The fourth-order valence-electron chi connectivity index (χ4n) is 5.33. The van der Waals surface area contributed by atoms with Crippen molar-refractivity contribution in [1.82, 2.24) is 30.3 Å². The predicted octanol–water partition coefficient (Wildman–Crippen LogP) is 4.02. The number of aliphatic carboxylic acids is 1. The van der Waals surface area contributed by atoms with Crippen LogP contribution in [-0.2, 0) is 4.79 Å². The summed E-state index contributed by atoms with van der Waals surface area (Å²) in [5, 5.41) is 25.5. The van der Waals surface area contributed by atoms with Crippen LogP contribution in [0.15, 0.2) is 35.1 Å². The predicted molar refractivity (Wildman–Crippen MR) is 119 cm³/mol. The maximum Gasteiger partial charge on any atom is 0.308 e. The number of nitrogens with one attached hydrogen (secondary N) is 2. The van der Waals surface area contributed by atoms with E-state index in [1.807, 2.05) is 0 Å². The minimum absolute atomic E-state index is 0.184. The highest BCUT2D eigenvalue weighted by molar-refractivity contribution is 6.31. The van der Waals surface area contributed by atoms with Crippen LogP contribution in [0.2, 0.25) is 5.02 Å². The average Bonchev–Trinajstić information content (AvgIpc) is 3.49. The molecule has 33 heavy (non-hydrogen) atoms. The molecule has 2 unspecified atom stereocenters. The number of anilines is 1. The molecule has 168 valence electrons. The molecule has 0 saturated heterocycles. The van der Waals surface area contributed by atoms with Crippen molar-refractivity contribution in [3.63, 3.8) is 0 Å². The first kappa shape index (κ1) is 20.1. The molecule has 7 rings (SSSR count). The Balaban J connectivity index is 1.45. The van der Waals surface area contributed by atoms with Crippen molar-refractivity contribution in [1.29, 1.82) is 0 Å². The van der Waals surface area contributed by atoms with Gasteiger partial charge in [0.1, 0.15) is 17.2 Å². The number of aromatic nitrogens is 6. The third-order valence-electron chi connectivity index (χ3n) is 6.83. The molecule has 11 heteroatoms. The molecule has 3 aliphatic rings. The van der Waals surface area contributed by atoms with Crippen molar-refractivity contribution in [3.8, 4) is 23.0 Å². The van der Waals surface area contributed by atoms with Crippen LogP contribution in [0.25, 0.3) is 34.0 Å². The Morgan fingerprint density at radius 1 is 1.18 bits per heavy atom. The second-order valence-corrected chi connectivity index (χ2v) is 9.11. The summed E-state index contributed by atoms with van der Waals surface area (Å²) in [6.45, 7) is 0. The van der Waals surface area contributed by atoms with Crippen molar-refractivity contribution < 1.29 is 14.4 Å². The molecule has 4 heterocycles. The summed E-state index contributed by atoms with van der Waals surface area (Å²) in [6.07, 6.45) is 7.05.